The number of hydrogen-bond acceptors (Lipinski definition) is 4. The summed E-state index contributed by atoms with van der Waals surface area (Å²) in [5.74, 6) is -1.09. The van der Waals surface area contributed by atoms with Crippen molar-refractivity contribution in [1.29, 1.82) is 0 Å². The maximum absolute atomic E-state index is 6.25. The van der Waals surface area contributed by atoms with Gasteiger partial charge in [-0.1, -0.05) is 23.2 Å². The van der Waals surface area contributed by atoms with E-state index in [1.807, 2.05) is 0 Å². The fourth-order valence-corrected chi connectivity index (χ4v) is 2.71. The molecule has 2 aromatic rings. The van der Waals surface area contributed by atoms with Gasteiger partial charge in [0.05, 0.1) is 10.6 Å². The van der Waals surface area contributed by atoms with Crippen LogP contribution in [0.4, 0.5) is 0 Å². The van der Waals surface area contributed by atoms with E-state index >= 15 is 0 Å². The number of nitrogens with one attached hydrogen (secondary N) is 1. The summed E-state index contributed by atoms with van der Waals surface area (Å²) in [4.78, 5) is 3.96. The molecule has 0 bridgehead atoms. The zero-order chi connectivity index (χ0) is 14.2. The van der Waals surface area contributed by atoms with Crippen LogP contribution in [0.5, 0.6) is 0 Å². The molecular formula is C12H9Cl2N3O2S. The van der Waals surface area contributed by atoms with E-state index in [1.54, 1.807) is 22.9 Å². The van der Waals surface area contributed by atoms with Crippen molar-refractivity contribution in [2.45, 2.75) is 12.3 Å². The maximum Gasteiger partial charge on any atom is 0.298 e. The van der Waals surface area contributed by atoms with Crippen LogP contribution in [0.3, 0.4) is 0 Å². The lowest BCUT2D eigenvalue weighted by Gasteiger charge is -2.28. The Bertz CT molecular complexity index is 717. The molecule has 0 saturated heterocycles. The van der Waals surface area contributed by atoms with Crippen LogP contribution in [0.15, 0.2) is 37.1 Å². The quantitative estimate of drug-likeness (QED) is 0.874. The third kappa shape index (κ3) is 2.30. The minimum absolute atomic E-state index is 0.278. The van der Waals surface area contributed by atoms with Crippen molar-refractivity contribution in [1.82, 2.24) is 14.8 Å². The zero-order valence-electron chi connectivity index (χ0n) is 10.0. The summed E-state index contributed by atoms with van der Waals surface area (Å²) in [6.07, 6.45) is 4.43. The van der Waals surface area contributed by atoms with Gasteiger partial charge in [0.1, 0.15) is 25.4 Å². The number of halogens is 2. The van der Waals surface area contributed by atoms with Crippen LogP contribution in [-0.4, -0.2) is 14.8 Å². The largest absolute Gasteiger partial charge is 0.451 e. The van der Waals surface area contributed by atoms with Gasteiger partial charge in [-0.25, -0.2) is 4.98 Å². The van der Waals surface area contributed by atoms with Crippen molar-refractivity contribution in [2.24, 2.45) is 0 Å². The van der Waals surface area contributed by atoms with Crippen LogP contribution in [0.25, 0.3) is 0 Å². The number of aromatic amines is 1. The van der Waals surface area contributed by atoms with Crippen LogP contribution < -0.4 is 0 Å². The summed E-state index contributed by atoms with van der Waals surface area (Å²) in [6.45, 7) is 0.278. The first-order valence-corrected chi connectivity index (χ1v) is 6.83. The standard InChI is InChI=1S/C12H9Cl2N3O2S/c13-8-1-2-9(10(14)5-8)12(18-3-4-19-12)6-17-11(20)15-7-16-17/h1-5,7H,6H2,(H,15,16,20). The van der Waals surface area contributed by atoms with Gasteiger partial charge in [0.25, 0.3) is 5.79 Å². The van der Waals surface area contributed by atoms with E-state index < -0.39 is 5.79 Å². The van der Waals surface area contributed by atoms with Crippen molar-refractivity contribution in [3.63, 3.8) is 0 Å². The van der Waals surface area contributed by atoms with Gasteiger partial charge >= 0.3 is 0 Å². The number of benzene rings is 1. The third-order valence-electron chi connectivity index (χ3n) is 2.90. The summed E-state index contributed by atoms with van der Waals surface area (Å²) in [5.41, 5.74) is 0.657. The Kier molecular flexibility index (Phi) is 3.45. The minimum Gasteiger partial charge on any atom is -0.451 e. The van der Waals surface area contributed by atoms with Gasteiger partial charge in [-0.2, -0.15) is 0 Å². The fourth-order valence-electron chi connectivity index (χ4n) is 1.99. The third-order valence-corrected chi connectivity index (χ3v) is 3.77. The van der Waals surface area contributed by atoms with Crippen molar-refractivity contribution in [3.8, 4) is 0 Å². The highest BCUT2D eigenvalue weighted by molar-refractivity contribution is 7.71. The SMILES string of the molecule is S=c1nc[nH]n1CC1(c2ccc(Cl)cc2Cl)OC=CO1. The Morgan fingerprint density at radius 1 is 1.30 bits per heavy atom. The summed E-state index contributed by atoms with van der Waals surface area (Å²) in [6, 6.07) is 5.12. The molecule has 1 aliphatic heterocycles. The summed E-state index contributed by atoms with van der Waals surface area (Å²) < 4.78 is 13.3. The molecule has 0 radical (unpaired) electrons. The lowest BCUT2D eigenvalue weighted by molar-refractivity contribution is -0.162. The Morgan fingerprint density at radius 2 is 2.05 bits per heavy atom. The first-order chi connectivity index (χ1) is 9.61. The molecule has 0 amide bonds. The predicted octanol–water partition coefficient (Wildman–Crippen LogP) is 3.62. The summed E-state index contributed by atoms with van der Waals surface area (Å²) in [7, 11) is 0. The molecule has 0 fully saturated rings. The van der Waals surface area contributed by atoms with Gasteiger partial charge < -0.3 is 9.47 Å². The molecule has 3 rings (SSSR count). The van der Waals surface area contributed by atoms with Crippen LogP contribution in [0.1, 0.15) is 5.56 Å². The number of hydrogen-bond donors (Lipinski definition) is 1. The van der Waals surface area contributed by atoms with E-state index in [1.165, 1.54) is 18.9 Å². The topological polar surface area (TPSA) is 52.1 Å². The molecule has 8 heteroatoms. The average molecular weight is 330 g/mol. The number of H-pyrrole nitrogens is 1. The first-order valence-electron chi connectivity index (χ1n) is 5.67. The monoisotopic (exact) mass is 329 g/mol. The molecule has 0 atom stereocenters. The molecule has 0 aliphatic carbocycles. The number of nitrogens with zero attached hydrogens (tertiary/aromatic N) is 2. The van der Waals surface area contributed by atoms with Crippen molar-refractivity contribution < 1.29 is 9.47 Å². The summed E-state index contributed by atoms with van der Waals surface area (Å²) >= 11 is 17.3. The molecule has 1 N–H and O–H groups in total. The number of ether oxygens (including phenoxy) is 2. The molecule has 5 nitrogen and oxygen atoms in total. The Hall–Kier alpha value is -1.50. The van der Waals surface area contributed by atoms with Crippen LogP contribution in [0.2, 0.25) is 10.0 Å². The van der Waals surface area contributed by atoms with Crippen LogP contribution in [0, 0.1) is 4.77 Å². The number of rotatable bonds is 3. The second-order valence-corrected chi connectivity index (χ2v) is 5.35. The van der Waals surface area contributed by atoms with E-state index in [4.69, 9.17) is 44.9 Å². The molecule has 0 saturated carbocycles. The molecule has 0 unspecified atom stereocenters. The van der Waals surface area contributed by atoms with Gasteiger partial charge in [0.2, 0.25) is 4.77 Å². The van der Waals surface area contributed by atoms with Crippen molar-refractivity contribution in [3.05, 3.63) is 57.4 Å². The van der Waals surface area contributed by atoms with E-state index in [2.05, 4.69) is 10.1 Å². The second kappa shape index (κ2) is 5.12. The maximum atomic E-state index is 6.25. The fraction of sp³-hybridized carbons (Fsp3) is 0.167. The highest BCUT2D eigenvalue weighted by Gasteiger charge is 2.41. The Labute approximate surface area is 129 Å². The number of aromatic nitrogens is 3. The highest BCUT2D eigenvalue weighted by Crippen LogP contribution is 2.38. The molecule has 2 heterocycles. The normalized spacial score (nSPS) is 15.9. The molecular weight excluding hydrogens is 321 g/mol. The average Bonchev–Trinajstić information content (AvgIpc) is 3.01. The van der Waals surface area contributed by atoms with Crippen LogP contribution >= 0.6 is 35.4 Å². The first kappa shape index (κ1) is 13.5. The lowest BCUT2D eigenvalue weighted by atomic mass is 10.1. The molecule has 1 aromatic carbocycles. The van der Waals surface area contributed by atoms with Gasteiger partial charge in [-0.3, -0.25) is 9.78 Å². The molecule has 1 aromatic heterocycles. The molecule has 1 aliphatic rings. The van der Waals surface area contributed by atoms with Crippen molar-refractivity contribution in [2.75, 3.05) is 0 Å². The zero-order valence-corrected chi connectivity index (χ0v) is 12.4. The highest BCUT2D eigenvalue weighted by atomic mass is 35.5. The van der Waals surface area contributed by atoms with Gasteiger partial charge in [0, 0.05) is 5.02 Å². The van der Waals surface area contributed by atoms with E-state index in [0.29, 0.717) is 20.4 Å². The van der Waals surface area contributed by atoms with Gasteiger partial charge in [-0.05, 0) is 30.4 Å². The smallest absolute Gasteiger partial charge is 0.298 e. The molecule has 0 spiro atoms. The minimum atomic E-state index is -1.09. The van der Waals surface area contributed by atoms with Gasteiger partial charge in [0.15, 0.2) is 0 Å². The van der Waals surface area contributed by atoms with Crippen LogP contribution in [-0.2, 0) is 21.8 Å². The van der Waals surface area contributed by atoms with E-state index in [0.717, 1.165) is 0 Å². The predicted molar refractivity (Wildman–Crippen MR) is 76.9 cm³/mol. The Balaban J connectivity index is 2.04. The van der Waals surface area contributed by atoms with E-state index in [9.17, 15) is 0 Å². The Morgan fingerprint density at radius 3 is 2.65 bits per heavy atom. The second-order valence-electron chi connectivity index (χ2n) is 4.14. The van der Waals surface area contributed by atoms with E-state index in [-0.39, 0.29) is 6.54 Å². The van der Waals surface area contributed by atoms with Gasteiger partial charge in [-0.15, -0.1) is 0 Å². The molecule has 104 valence electrons. The molecule has 20 heavy (non-hydrogen) atoms. The van der Waals surface area contributed by atoms with Crippen molar-refractivity contribution >= 4 is 35.4 Å². The summed E-state index contributed by atoms with van der Waals surface area (Å²) in [5, 5.41) is 3.89. The lowest BCUT2D eigenvalue weighted by Crippen LogP contribution is -2.33.